The third kappa shape index (κ3) is 3.89. The van der Waals surface area contributed by atoms with Crippen molar-refractivity contribution in [2.24, 2.45) is 0 Å². The molecule has 0 unspecified atom stereocenters. The first-order valence-electron chi connectivity index (χ1n) is 5.82. The number of rotatable bonds is 6. The Bertz CT molecular complexity index is 626. The fraction of sp³-hybridized carbons (Fsp3) is 0.250. The quantitative estimate of drug-likeness (QED) is 0.788. The standard InChI is InChI=1S/C12H14BrN3O2S/c13-10-4-1-2-5-11(10)19(17,18)16-7-3-6-12-14-8-9-15-12/h1-2,4-5,8-9,16H,3,6-7H2,(H,14,15). The number of aromatic nitrogens is 2. The average Bonchev–Trinajstić information content (AvgIpc) is 2.88. The smallest absolute Gasteiger partial charge is 0.241 e. The monoisotopic (exact) mass is 343 g/mol. The number of H-pyrrole nitrogens is 1. The SMILES string of the molecule is O=S(=O)(NCCCc1ncc[nH]1)c1ccccc1Br. The lowest BCUT2D eigenvalue weighted by Crippen LogP contribution is -2.25. The van der Waals surface area contributed by atoms with Gasteiger partial charge in [-0.2, -0.15) is 0 Å². The molecule has 102 valence electrons. The molecule has 0 spiro atoms. The number of aryl methyl sites for hydroxylation is 1. The highest BCUT2D eigenvalue weighted by molar-refractivity contribution is 9.10. The predicted molar refractivity (Wildman–Crippen MR) is 76.2 cm³/mol. The Morgan fingerprint density at radius 2 is 2.11 bits per heavy atom. The summed E-state index contributed by atoms with van der Waals surface area (Å²) in [6.45, 7) is 0.379. The van der Waals surface area contributed by atoms with Crippen molar-refractivity contribution >= 4 is 26.0 Å². The Labute approximate surface area is 120 Å². The molecule has 0 saturated carbocycles. The fourth-order valence-corrected chi connectivity index (χ4v) is 3.71. The fourth-order valence-electron chi connectivity index (χ4n) is 1.64. The number of benzene rings is 1. The van der Waals surface area contributed by atoms with Crippen molar-refractivity contribution in [2.75, 3.05) is 6.54 Å². The zero-order valence-electron chi connectivity index (χ0n) is 10.1. The highest BCUT2D eigenvalue weighted by Gasteiger charge is 2.15. The Morgan fingerprint density at radius 3 is 2.79 bits per heavy atom. The van der Waals surface area contributed by atoms with Crippen LogP contribution in [0.15, 0.2) is 46.0 Å². The molecule has 2 aromatic rings. The second-order valence-electron chi connectivity index (χ2n) is 3.97. The summed E-state index contributed by atoms with van der Waals surface area (Å²) in [7, 11) is -3.46. The lowest BCUT2D eigenvalue weighted by molar-refractivity contribution is 0.578. The highest BCUT2D eigenvalue weighted by atomic mass is 79.9. The summed E-state index contributed by atoms with van der Waals surface area (Å²) in [5.74, 6) is 0.861. The number of imidazole rings is 1. The van der Waals surface area contributed by atoms with Gasteiger partial charge in [-0.15, -0.1) is 0 Å². The van der Waals surface area contributed by atoms with Gasteiger partial charge in [0.05, 0.1) is 4.90 Å². The molecule has 1 aromatic heterocycles. The molecule has 0 aliphatic heterocycles. The van der Waals surface area contributed by atoms with Gasteiger partial charge < -0.3 is 4.98 Å². The van der Waals surface area contributed by atoms with Crippen LogP contribution in [0.25, 0.3) is 0 Å². The van der Waals surface area contributed by atoms with Gasteiger partial charge in [0.2, 0.25) is 10.0 Å². The van der Waals surface area contributed by atoms with E-state index in [1.54, 1.807) is 36.7 Å². The van der Waals surface area contributed by atoms with Crippen LogP contribution in [0.2, 0.25) is 0 Å². The summed E-state index contributed by atoms with van der Waals surface area (Å²) in [5.41, 5.74) is 0. The number of nitrogens with one attached hydrogen (secondary N) is 2. The molecule has 0 amide bonds. The van der Waals surface area contributed by atoms with Crippen LogP contribution in [-0.4, -0.2) is 24.9 Å². The topological polar surface area (TPSA) is 74.8 Å². The molecular formula is C12H14BrN3O2S. The molecule has 0 aliphatic carbocycles. The van der Waals surface area contributed by atoms with E-state index in [2.05, 4.69) is 30.6 Å². The molecular weight excluding hydrogens is 330 g/mol. The summed E-state index contributed by atoms with van der Waals surface area (Å²) in [6.07, 6.45) is 4.84. The molecule has 0 aliphatic rings. The minimum absolute atomic E-state index is 0.257. The maximum Gasteiger partial charge on any atom is 0.241 e. The van der Waals surface area contributed by atoms with Gasteiger partial charge in [0.15, 0.2) is 0 Å². The molecule has 2 N–H and O–H groups in total. The summed E-state index contributed by atoms with van der Waals surface area (Å²) >= 11 is 3.24. The third-order valence-corrected chi connectivity index (χ3v) is 5.04. The van der Waals surface area contributed by atoms with Crippen molar-refractivity contribution in [3.8, 4) is 0 Å². The number of halogens is 1. The molecule has 0 fully saturated rings. The number of hydrogen-bond donors (Lipinski definition) is 2. The average molecular weight is 344 g/mol. The zero-order valence-corrected chi connectivity index (χ0v) is 12.5. The lowest BCUT2D eigenvalue weighted by atomic mass is 10.3. The van der Waals surface area contributed by atoms with E-state index >= 15 is 0 Å². The maximum atomic E-state index is 12.0. The van der Waals surface area contributed by atoms with Crippen molar-refractivity contribution in [1.82, 2.24) is 14.7 Å². The van der Waals surface area contributed by atoms with E-state index in [-0.39, 0.29) is 4.90 Å². The van der Waals surface area contributed by atoms with Crippen molar-refractivity contribution in [3.05, 3.63) is 47.0 Å². The Morgan fingerprint density at radius 1 is 1.32 bits per heavy atom. The lowest BCUT2D eigenvalue weighted by Gasteiger charge is -2.07. The van der Waals surface area contributed by atoms with Gasteiger partial charge in [-0.3, -0.25) is 0 Å². The van der Waals surface area contributed by atoms with E-state index in [1.807, 2.05) is 0 Å². The maximum absolute atomic E-state index is 12.0. The molecule has 0 atom stereocenters. The first-order chi connectivity index (χ1) is 9.09. The van der Waals surface area contributed by atoms with Crippen molar-refractivity contribution < 1.29 is 8.42 Å². The first kappa shape index (κ1) is 14.2. The Hall–Kier alpha value is -1.18. The Kier molecular flexibility index (Phi) is 4.73. The molecule has 19 heavy (non-hydrogen) atoms. The predicted octanol–water partition coefficient (Wildman–Crippen LogP) is 2.08. The van der Waals surface area contributed by atoms with E-state index < -0.39 is 10.0 Å². The summed E-state index contributed by atoms with van der Waals surface area (Å²) in [5, 5.41) is 0. The van der Waals surface area contributed by atoms with Gasteiger partial charge in [-0.05, 0) is 34.5 Å². The molecule has 2 rings (SSSR count). The van der Waals surface area contributed by atoms with Gasteiger partial charge in [0, 0.05) is 29.8 Å². The molecule has 0 bridgehead atoms. The number of nitrogens with zero attached hydrogens (tertiary/aromatic N) is 1. The molecule has 1 heterocycles. The van der Waals surface area contributed by atoms with Gasteiger partial charge in [0.25, 0.3) is 0 Å². The molecule has 1 aromatic carbocycles. The minimum atomic E-state index is -3.46. The second kappa shape index (κ2) is 6.31. The van der Waals surface area contributed by atoms with Crippen LogP contribution in [0.4, 0.5) is 0 Å². The number of hydrogen-bond acceptors (Lipinski definition) is 3. The van der Waals surface area contributed by atoms with Crippen LogP contribution < -0.4 is 4.72 Å². The van der Waals surface area contributed by atoms with E-state index in [9.17, 15) is 8.42 Å². The third-order valence-electron chi connectivity index (χ3n) is 2.56. The molecule has 0 saturated heterocycles. The van der Waals surface area contributed by atoms with Crippen LogP contribution in [0.3, 0.4) is 0 Å². The largest absolute Gasteiger partial charge is 0.349 e. The van der Waals surface area contributed by atoms with Crippen LogP contribution in [0.1, 0.15) is 12.2 Å². The van der Waals surface area contributed by atoms with Gasteiger partial charge in [0.1, 0.15) is 5.82 Å². The molecule has 5 nitrogen and oxygen atoms in total. The summed E-state index contributed by atoms with van der Waals surface area (Å²) < 4.78 is 27.2. The van der Waals surface area contributed by atoms with Crippen molar-refractivity contribution in [2.45, 2.75) is 17.7 Å². The van der Waals surface area contributed by atoms with Crippen LogP contribution >= 0.6 is 15.9 Å². The van der Waals surface area contributed by atoms with Crippen LogP contribution in [0.5, 0.6) is 0 Å². The number of sulfonamides is 1. The van der Waals surface area contributed by atoms with E-state index in [4.69, 9.17) is 0 Å². The van der Waals surface area contributed by atoms with Crippen LogP contribution in [0, 0.1) is 0 Å². The van der Waals surface area contributed by atoms with Crippen LogP contribution in [-0.2, 0) is 16.4 Å². The van der Waals surface area contributed by atoms with E-state index in [1.165, 1.54) is 0 Å². The number of aromatic amines is 1. The summed E-state index contributed by atoms with van der Waals surface area (Å²) in [4.78, 5) is 7.32. The second-order valence-corrected chi connectivity index (χ2v) is 6.56. The first-order valence-corrected chi connectivity index (χ1v) is 8.09. The van der Waals surface area contributed by atoms with Crippen molar-refractivity contribution in [3.63, 3.8) is 0 Å². The minimum Gasteiger partial charge on any atom is -0.349 e. The molecule has 7 heteroatoms. The normalized spacial score (nSPS) is 11.6. The van der Waals surface area contributed by atoms with E-state index in [0.29, 0.717) is 23.9 Å². The van der Waals surface area contributed by atoms with Gasteiger partial charge in [-0.25, -0.2) is 18.1 Å². The molecule has 0 radical (unpaired) electrons. The van der Waals surface area contributed by atoms with Gasteiger partial charge >= 0.3 is 0 Å². The van der Waals surface area contributed by atoms with Crippen molar-refractivity contribution in [1.29, 1.82) is 0 Å². The van der Waals surface area contributed by atoms with E-state index in [0.717, 1.165) is 5.82 Å². The zero-order chi connectivity index (χ0) is 13.7. The van der Waals surface area contributed by atoms with Gasteiger partial charge in [-0.1, -0.05) is 12.1 Å². The highest BCUT2D eigenvalue weighted by Crippen LogP contribution is 2.20. The Balaban J connectivity index is 1.90. The summed E-state index contributed by atoms with van der Waals surface area (Å²) in [6, 6.07) is 6.75.